The Balaban J connectivity index is 3.03. The summed E-state index contributed by atoms with van der Waals surface area (Å²) in [6, 6.07) is 0. The molecule has 7 heteroatoms. The fourth-order valence-corrected chi connectivity index (χ4v) is 1.45. The van der Waals surface area contributed by atoms with Gasteiger partial charge >= 0.3 is 6.09 Å². The van der Waals surface area contributed by atoms with Gasteiger partial charge in [0.25, 0.3) is 0 Å². The number of nitrogens with zero attached hydrogens (tertiary/aromatic N) is 3. The van der Waals surface area contributed by atoms with Crippen molar-refractivity contribution in [2.24, 2.45) is 0 Å². The first-order chi connectivity index (χ1) is 8.74. The van der Waals surface area contributed by atoms with E-state index in [2.05, 4.69) is 9.97 Å². The topological polar surface area (TPSA) is 72.4 Å². The number of ether oxygens (including phenoxy) is 1. The molecule has 1 aromatic rings. The largest absolute Gasteiger partial charge is 0.443 e. The lowest BCUT2D eigenvalue weighted by Crippen LogP contribution is -2.35. The molecule has 0 saturated heterocycles. The highest BCUT2D eigenvalue weighted by Gasteiger charge is 2.23. The number of aromatic nitrogens is 2. The van der Waals surface area contributed by atoms with E-state index in [1.807, 2.05) is 0 Å². The van der Waals surface area contributed by atoms with Crippen LogP contribution in [0, 0.1) is 0 Å². The summed E-state index contributed by atoms with van der Waals surface area (Å²) in [6.45, 7) is 5.29. The average molecular weight is 286 g/mol. The third-order valence-electron chi connectivity index (χ3n) is 2.10. The summed E-state index contributed by atoms with van der Waals surface area (Å²) in [4.78, 5) is 31.5. The molecule has 1 rings (SSSR count). The van der Waals surface area contributed by atoms with E-state index in [0.717, 1.165) is 0 Å². The summed E-state index contributed by atoms with van der Waals surface area (Å²) < 4.78 is 5.22. The third kappa shape index (κ3) is 4.48. The van der Waals surface area contributed by atoms with Gasteiger partial charge in [0.2, 0.25) is 5.28 Å². The molecule has 19 heavy (non-hydrogen) atoms. The number of carbonyl (C=O) groups excluding carboxylic acids is 2. The van der Waals surface area contributed by atoms with Crippen molar-refractivity contribution in [3.63, 3.8) is 0 Å². The monoisotopic (exact) mass is 285 g/mol. The van der Waals surface area contributed by atoms with Crippen LogP contribution in [0.15, 0.2) is 6.20 Å². The third-order valence-corrected chi connectivity index (χ3v) is 2.28. The normalized spacial score (nSPS) is 11.0. The fourth-order valence-electron chi connectivity index (χ4n) is 1.32. The van der Waals surface area contributed by atoms with Gasteiger partial charge < -0.3 is 9.53 Å². The second-order valence-electron chi connectivity index (χ2n) is 4.90. The van der Waals surface area contributed by atoms with Crippen molar-refractivity contribution in [2.45, 2.75) is 32.8 Å². The van der Waals surface area contributed by atoms with Crippen LogP contribution >= 0.6 is 11.6 Å². The Hall–Kier alpha value is -1.69. The summed E-state index contributed by atoms with van der Waals surface area (Å²) in [5, 5.41) is 0.0000534. The number of carbonyl (C=O) groups is 2. The SMILES string of the molecule is CN(C(=O)OC(C)(C)C)c1nc(Cl)ncc1CC=O. The van der Waals surface area contributed by atoms with E-state index in [1.54, 1.807) is 20.8 Å². The molecule has 0 radical (unpaired) electrons. The van der Waals surface area contributed by atoms with E-state index in [9.17, 15) is 9.59 Å². The molecule has 0 fully saturated rings. The molecule has 0 aliphatic heterocycles. The van der Waals surface area contributed by atoms with E-state index in [1.165, 1.54) is 18.1 Å². The van der Waals surface area contributed by atoms with Crippen LogP contribution in [0.3, 0.4) is 0 Å². The molecular weight excluding hydrogens is 270 g/mol. The highest BCUT2D eigenvalue weighted by atomic mass is 35.5. The van der Waals surface area contributed by atoms with Gasteiger partial charge in [0.1, 0.15) is 17.7 Å². The van der Waals surface area contributed by atoms with E-state index >= 15 is 0 Å². The molecule has 0 aliphatic rings. The van der Waals surface area contributed by atoms with Crippen LogP contribution < -0.4 is 4.90 Å². The fraction of sp³-hybridized carbons (Fsp3) is 0.500. The molecular formula is C12H16ClN3O3. The number of hydrogen-bond donors (Lipinski definition) is 0. The molecule has 1 heterocycles. The van der Waals surface area contributed by atoms with E-state index in [-0.39, 0.29) is 17.5 Å². The van der Waals surface area contributed by atoms with Gasteiger partial charge in [-0.1, -0.05) is 0 Å². The van der Waals surface area contributed by atoms with Crippen molar-refractivity contribution in [2.75, 3.05) is 11.9 Å². The van der Waals surface area contributed by atoms with Crippen molar-refractivity contribution < 1.29 is 14.3 Å². The lowest BCUT2D eigenvalue weighted by Gasteiger charge is -2.25. The van der Waals surface area contributed by atoms with Crippen molar-refractivity contribution >= 4 is 29.8 Å². The van der Waals surface area contributed by atoms with Gasteiger partial charge in [0.05, 0.1) is 0 Å². The zero-order chi connectivity index (χ0) is 14.6. The van der Waals surface area contributed by atoms with Gasteiger partial charge in [-0.25, -0.2) is 9.78 Å². The average Bonchev–Trinajstić information content (AvgIpc) is 2.28. The summed E-state index contributed by atoms with van der Waals surface area (Å²) in [5.74, 6) is 0.265. The molecule has 1 amide bonds. The minimum atomic E-state index is -0.618. The van der Waals surface area contributed by atoms with Crippen LogP contribution in [0.5, 0.6) is 0 Å². The zero-order valence-corrected chi connectivity index (χ0v) is 12.1. The molecule has 0 aromatic carbocycles. The Bertz CT molecular complexity index is 486. The highest BCUT2D eigenvalue weighted by molar-refractivity contribution is 6.28. The van der Waals surface area contributed by atoms with E-state index in [0.29, 0.717) is 11.8 Å². The van der Waals surface area contributed by atoms with Crippen molar-refractivity contribution in [3.05, 3.63) is 17.0 Å². The van der Waals surface area contributed by atoms with Crippen LogP contribution in [-0.4, -0.2) is 35.0 Å². The van der Waals surface area contributed by atoms with Gasteiger partial charge in [0.15, 0.2) is 0 Å². The van der Waals surface area contributed by atoms with Gasteiger partial charge in [0, 0.05) is 25.2 Å². The standard InChI is InChI=1S/C12H16ClN3O3/c1-12(2,3)19-11(18)16(4)9-8(5-6-17)7-14-10(13)15-9/h6-7H,5H2,1-4H3. The lowest BCUT2D eigenvalue weighted by molar-refractivity contribution is -0.107. The van der Waals surface area contributed by atoms with Crippen LogP contribution in [0.25, 0.3) is 0 Å². The Kier molecular flexibility index (Phi) is 4.83. The molecule has 0 spiro atoms. The predicted octanol–water partition coefficient (Wildman–Crippen LogP) is 2.24. The zero-order valence-electron chi connectivity index (χ0n) is 11.3. The molecule has 0 N–H and O–H groups in total. The number of anilines is 1. The van der Waals surface area contributed by atoms with Gasteiger partial charge in [-0.05, 0) is 32.4 Å². The minimum Gasteiger partial charge on any atom is -0.443 e. The maximum Gasteiger partial charge on any atom is 0.415 e. The lowest BCUT2D eigenvalue weighted by atomic mass is 10.2. The van der Waals surface area contributed by atoms with Crippen LogP contribution in [0.1, 0.15) is 26.3 Å². The van der Waals surface area contributed by atoms with E-state index < -0.39 is 11.7 Å². The first-order valence-corrected chi connectivity index (χ1v) is 6.04. The van der Waals surface area contributed by atoms with Crippen molar-refractivity contribution in [1.82, 2.24) is 9.97 Å². The summed E-state index contributed by atoms with van der Waals surface area (Å²) >= 11 is 5.71. The van der Waals surface area contributed by atoms with Crippen LogP contribution in [0.2, 0.25) is 5.28 Å². The van der Waals surface area contributed by atoms with Crippen LogP contribution in [-0.2, 0) is 16.0 Å². The number of aldehydes is 1. The molecule has 104 valence electrons. The minimum absolute atomic E-state index is 0.0000534. The van der Waals surface area contributed by atoms with Gasteiger partial charge in [-0.3, -0.25) is 4.90 Å². The number of rotatable bonds is 3. The van der Waals surface area contributed by atoms with Crippen LogP contribution in [0.4, 0.5) is 10.6 Å². The van der Waals surface area contributed by atoms with E-state index in [4.69, 9.17) is 16.3 Å². The smallest absolute Gasteiger partial charge is 0.415 e. The summed E-state index contributed by atoms with van der Waals surface area (Å²) in [7, 11) is 1.50. The second kappa shape index (κ2) is 5.97. The molecule has 0 saturated carbocycles. The number of hydrogen-bond acceptors (Lipinski definition) is 5. The number of halogens is 1. The Morgan fingerprint density at radius 3 is 2.68 bits per heavy atom. The maximum atomic E-state index is 11.9. The second-order valence-corrected chi connectivity index (χ2v) is 5.24. The summed E-state index contributed by atoms with van der Waals surface area (Å²) in [6.07, 6.45) is 1.65. The highest BCUT2D eigenvalue weighted by Crippen LogP contribution is 2.20. The molecule has 0 aliphatic carbocycles. The maximum absolute atomic E-state index is 11.9. The van der Waals surface area contributed by atoms with Crippen molar-refractivity contribution in [1.29, 1.82) is 0 Å². The summed E-state index contributed by atoms with van der Waals surface area (Å²) in [5.41, 5.74) is -0.111. The predicted molar refractivity (Wildman–Crippen MR) is 71.4 cm³/mol. The van der Waals surface area contributed by atoms with Crippen molar-refractivity contribution in [3.8, 4) is 0 Å². The van der Waals surface area contributed by atoms with Gasteiger partial charge in [-0.2, -0.15) is 4.98 Å². The Morgan fingerprint density at radius 2 is 2.16 bits per heavy atom. The van der Waals surface area contributed by atoms with Gasteiger partial charge in [-0.15, -0.1) is 0 Å². The Labute approximate surface area is 116 Å². The molecule has 0 bridgehead atoms. The molecule has 0 unspecified atom stereocenters. The first kappa shape index (κ1) is 15.4. The number of amides is 1. The molecule has 6 nitrogen and oxygen atoms in total. The quantitative estimate of drug-likeness (QED) is 0.629. The molecule has 0 atom stereocenters. The Morgan fingerprint density at radius 1 is 1.53 bits per heavy atom. The molecule has 1 aromatic heterocycles. The first-order valence-electron chi connectivity index (χ1n) is 5.66.